The van der Waals surface area contributed by atoms with E-state index < -0.39 is 0 Å². The van der Waals surface area contributed by atoms with E-state index in [-0.39, 0.29) is 12.5 Å². The van der Waals surface area contributed by atoms with Crippen LogP contribution in [0.3, 0.4) is 0 Å². The standard InChI is InChI=1S/C17H21N3O3/c1-11-8-16(13(3)23-11)12(2)19-20-17(21)10-18-14-6-5-7-15(9-14)22-4/h5-9,18H,10H2,1-4H3,(H,20,21)/b19-12-. The Labute approximate surface area is 135 Å². The molecule has 2 rings (SSSR count). The third-order valence-corrected chi connectivity index (χ3v) is 3.30. The Morgan fingerprint density at radius 2 is 2.09 bits per heavy atom. The summed E-state index contributed by atoms with van der Waals surface area (Å²) in [5, 5.41) is 7.13. The Bertz CT molecular complexity index is 720. The second kappa shape index (κ2) is 7.49. The van der Waals surface area contributed by atoms with Crippen molar-refractivity contribution >= 4 is 17.3 Å². The number of nitrogens with one attached hydrogen (secondary N) is 2. The van der Waals surface area contributed by atoms with Gasteiger partial charge in [-0.25, -0.2) is 5.43 Å². The third kappa shape index (κ3) is 4.60. The first-order valence-corrected chi connectivity index (χ1v) is 7.28. The summed E-state index contributed by atoms with van der Waals surface area (Å²) in [5.41, 5.74) is 4.93. The van der Waals surface area contributed by atoms with E-state index in [9.17, 15) is 4.79 Å². The highest BCUT2D eigenvalue weighted by Gasteiger charge is 2.08. The zero-order chi connectivity index (χ0) is 16.8. The van der Waals surface area contributed by atoms with Crippen molar-refractivity contribution in [2.24, 2.45) is 5.10 Å². The van der Waals surface area contributed by atoms with Crippen molar-refractivity contribution in [3.8, 4) is 5.75 Å². The van der Waals surface area contributed by atoms with Gasteiger partial charge in [-0.05, 0) is 39.0 Å². The lowest BCUT2D eigenvalue weighted by Crippen LogP contribution is -2.26. The van der Waals surface area contributed by atoms with Gasteiger partial charge in [0.1, 0.15) is 17.3 Å². The summed E-state index contributed by atoms with van der Waals surface area (Å²) in [4.78, 5) is 11.9. The largest absolute Gasteiger partial charge is 0.497 e. The van der Waals surface area contributed by atoms with Gasteiger partial charge in [0, 0.05) is 17.3 Å². The molecule has 0 spiro atoms. The van der Waals surface area contributed by atoms with Crippen LogP contribution in [0, 0.1) is 13.8 Å². The molecule has 0 aliphatic rings. The predicted molar refractivity (Wildman–Crippen MR) is 90.0 cm³/mol. The summed E-state index contributed by atoms with van der Waals surface area (Å²) < 4.78 is 10.6. The van der Waals surface area contributed by atoms with Gasteiger partial charge in [-0.15, -0.1) is 0 Å². The number of hydrogen-bond donors (Lipinski definition) is 2. The topological polar surface area (TPSA) is 75.9 Å². The zero-order valence-electron chi connectivity index (χ0n) is 13.8. The second-order valence-corrected chi connectivity index (χ2v) is 5.14. The Hall–Kier alpha value is -2.76. The number of methoxy groups -OCH3 is 1. The molecule has 1 aromatic heterocycles. The Morgan fingerprint density at radius 1 is 1.30 bits per heavy atom. The number of anilines is 1. The summed E-state index contributed by atoms with van der Waals surface area (Å²) in [6, 6.07) is 9.27. The quantitative estimate of drug-likeness (QED) is 0.635. The maximum Gasteiger partial charge on any atom is 0.259 e. The van der Waals surface area contributed by atoms with Gasteiger partial charge < -0.3 is 14.5 Å². The van der Waals surface area contributed by atoms with Crippen LogP contribution in [0.25, 0.3) is 0 Å². The average Bonchev–Trinajstić information content (AvgIpc) is 2.89. The van der Waals surface area contributed by atoms with Crippen LogP contribution >= 0.6 is 0 Å². The summed E-state index contributed by atoms with van der Waals surface area (Å²) >= 11 is 0. The molecular weight excluding hydrogens is 294 g/mol. The Balaban J connectivity index is 1.89. The minimum Gasteiger partial charge on any atom is -0.497 e. The van der Waals surface area contributed by atoms with Crippen LogP contribution in [0.15, 0.2) is 39.9 Å². The number of nitrogens with zero attached hydrogens (tertiary/aromatic N) is 1. The van der Waals surface area contributed by atoms with Crippen molar-refractivity contribution in [2.45, 2.75) is 20.8 Å². The summed E-state index contributed by atoms with van der Waals surface area (Å²) in [6.07, 6.45) is 0. The highest BCUT2D eigenvalue weighted by Crippen LogP contribution is 2.16. The Morgan fingerprint density at radius 3 is 2.74 bits per heavy atom. The number of benzene rings is 1. The molecule has 1 heterocycles. The monoisotopic (exact) mass is 315 g/mol. The van der Waals surface area contributed by atoms with Crippen molar-refractivity contribution in [1.29, 1.82) is 0 Å². The minimum atomic E-state index is -0.231. The van der Waals surface area contributed by atoms with E-state index >= 15 is 0 Å². The maximum absolute atomic E-state index is 11.9. The van der Waals surface area contributed by atoms with Gasteiger partial charge in [-0.1, -0.05) is 6.07 Å². The highest BCUT2D eigenvalue weighted by molar-refractivity contribution is 6.00. The van der Waals surface area contributed by atoms with Gasteiger partial charge in [0.2, 0.25) is 0 Å². The highest BCUT2D eigenvalue weighted by atomic mass is 16.5. The fourth-order valence-corrected chi connectivity index (χ4v) is 2.15. The summed E-state index contributed by atoms with van der Waals surface area (Å²) in [5.74, 6) is 2.10. The van der Waals surface area contributed by atoms with E-state index in [2.05, 4.69) is 15.8 Å². The van der Waals surface area contributed by atoms with E-state index in [0.717, 1.165) is 28.5 Å². The van der Waals surface area contributed by atoms with E-state index in [1.807, 2.05) is 51.1 Å². The SMILES string of the molecule is COc1cccc(NCC(=O)N/N=C(/C)c2cc(C)oc2C)c1. The van der Waals surface area contributed by atoms with Crippen LogP contribution in [-0.2, 0) is 4.79 Å². The molecular formula is C17H21N3O3. The molecule has 1 aromatic carbocycles. The number of carbonyl (C=O) groups excluding carboxylic acids is 1. The molecule has 0 saturated heterocycles. The normalized spacial score (nSPS) is 11.2. The molecule has 6 nitrogen and oxygen atoms in total. The lowest BCUT2D eigenvalue weighted by molar-refractivity contribution is -0.119. The number of hydrogen-bond acceptors (Lipinski definition) is 5. The van der Waals surface area contributed by atoms with Crippen molar-refractivity contribution in [2.75, 3.05) is 19.0 Å². The molecule has 0 aliphatic carbocycles. The number of rotatable bonds is 6. The molecule has 1 amide bonds. The molecule has 0 atom stereocenters. The summed E-state index contributed by atoms with van der Waals surface area (Å²) in [6.45, 7) is 5.69. The van der Waals surface area contributed by atoms with Gasteiger partial charge in [0.05, 0.1) is 19.4 Å². The van der Waals surface area contributed by atoms with E-state index in [0.29, 0.717) is 5.71 Å². The van der Waals surface area contributed by atoms with E-state index in [1.165, 1.54) is 0 Å². The first-order valence-electron chi connectivity index (χ1n) is 7.28. The van der Waals surface area contributed by atoms with E-state index in [4.69, 9.17) is 9.15 Å². The van der Waals surface area contributed by atoms with Gasteiger partial charge in [0.25, 0.3) is 5.91 Å². The fourth-order valence-electron chi connectivity index (χ4n) is 2.15. The van der Waals surface area contributed by atoms with Crippen molar-refractivity contribution in [3.63, 3.8) is 0 Å². The van der Waals surface area contributed by atoms with Crippen LogP contribution in [-0.4, -0.2) is 25.3 Å². The molecule has 0 bridgehead atoms. The average molecular weight is 315 g/mol. The number of carbonyl (C=O) groups is 1. The second-order valence-electron chi connectivity index (χ2n) is 5.14. The third-order valence-electron chi connectivity index (χ3n) is 3.30. The molecule has 0 radical (unpaired) electrons. The van der Waals surface area contributed by atoms with Gasteiger partial charge in [-0.3, -0.25) is 4.79 Å². The lowest BCUT2D eigenvalue weighted by atomic mass is 10.2. The maximum atomic E-state index is 11.9. The fraction of sp³-hybridized carbons (Fsp3) is 0.294. The first-order chi connectivity index (χ1) is 11.0. The number of amides is 1. The number of aryl methyl sites for hydroxylation is 2. The molecule has 0 saturated carbocycles. The van der Waals surface area contributed by atoms with Crippen LogP contribution in [0.5, 0.6) is 5.75 Å². The number of furan rings is 1. The van der Waals surface area contributed by atoms with Gasteiger partial charge >= 0.3 is 0 Å². The smallest absolute Gasteiger partial charge is 0.259 e. The van der Waals surface area contributed by atoms with Crippen molar-refractivity contribution in [3.05, 3.63) is 47.4 Å². The Kier molecular flexibility index (Phi) is 5.41. The first kappa shape index (κ1) is 16.6. The van der Waals surface area contributed by atoms with Gasteiger partial charge in [0.15, 0.2) is 0 Å². The minimum absolute atomic E-state index is 0.118. The van der Waals surface area contributed by atoms with Gasteiger partial charge in [-0.2, -0.15) is 5.10 Å². The van der Waals surface area contributed by atoms with Crippen LogP contribution in [0.4, 0.5) is 5.69 Å². The predicted octanol–water partition coefficient (Wildman–Crippen LogP) is 2.86. The molecule has 0 aliphatic heterocycles. The van der Waals surface area contributed by atoms with Crippen molar-refractivity contribution < 1.29 is 13.9 Å². The molecule has 23 heavy (non-hydrogen) atoms. The molecule has 122 valence electrons. The van der Waals surface area contributed by atoms with E-state index in [1.54, 1.807) is 7.11 Å². The molecule has 6 heteroatoms. The van der Waals surface area contributed by atoms with Crippen molar-refractivity contribution in [1.82, 2.24) is 5.43 Å². The lowest BCUT2D eigenvalue weighted by Gasteiger charge is -2.07. The van der Waals surface area contributed by atoms with Crippen LogP contribution < -0.4 is 15.5 Å². The molecule has 0 unspecified atom stereocenters. The van der Waals surface area contributed by atoms with Crippen LogP contribution in [0.2, 0.25) is 0 Å². The molecule has 2 N–H and O–H groups in total. The molecule has 0 fully saturated rings. The molecule has 2 aromatic rings. The zero-order valence-corrected chi connectivity index (χ0v) is 13.8. The van der Waals surface area contributed by atoms with Crippen LogP contribution in [0.1, 0.15) is 24.0 Å². The summed E-state index contributed by atoms with van der Waals surface area (Å²) in [7, 11) is 1.60. The number of ether oxygens (including phenoxy) is 1. The number of hydrazone groups is 1.